The Morgan fingerprint density at radius 2 is 0.762 bits per heavy atom. The van der Waals surface area contributed by atoms with E-state index < -0.39 is 5.41 Å². The molecule has 1 spiro atoms. The van der Waals surface area contributed by atoms with Crippen molar-refractivity contribution in [2.24, 2.45) is 0 Å². The third-order valence-electron chi connectivity index (χ3n) is 13.5. The van der Waals surface area contributed by atoms with E-state index >= 15 is 0 Å². The lowest BCUT2D eigenvalue weighted by molar-refractivity contribution is 0.670. The minimum absolute atomic E-state index is 0.410. The Morgan fingerprint density at radius 3 is 1.40 bits per heavy atom. The maximum atomic E-state index is 6.75. The molecular weight excluding hydrogens is 763 g/mol. The molecule has 2 heteroatoms. The van der Waals surface area contributed by atoms with Crippen molar-refractivity contribution in [1.29, 1.82) is 0 Å². The van der Waals surface area contributed by atoms with Crippen molar-refractivity contribution < 1.29 is 4.42 Å². The molecule has 1 heterocycles. The van der Waals surface area contributed by atoms with Crippen molar-refractivity contribution in [2.75, 3.05) is 4.90 Å². The van der Waals surface area contributed by atoms with Crippen LogP contribution in [0.3, 0.4) is 0 Å². The fraction of sp³-hybridized carbons (Fsp3) is 0.0164. The number of hydrogen-bond donors (Lipinski definition) is 0. The molecule has 0 unspecified atom stereocenters. The van der Waals surface area contributed by atoms with Crippen molar-refractivity contribution in [1.82, 2.24) is 0 Å². The number of anilines is 3. The summed E-state index contributed by atoms with van der Waals surface area (Å²) in [6.07, 6.45) is 0. The first-order valence-electron chi connectivity index (χ1n) is 21.7. The van der Waals surface area contributed by atoms with Crippen LogP contribution in [0.15, 0.2) is 241 Å². The van der Waals surface area contributed by atoms with Crippen LogP contribution in [0.1, 0.15) is 22.3 Å². The van der Waals surface area contributed by atoms with Gasteiger partial charge in [0.2, 0.25) is 0 Å². The number of para-hydroxylation sites is 2. The Morgan fingerprint density at radius 1 is 0.286 bits per heavy atom. The van der Waals surface area contributed by atoms with E-state index in [9.17, 15) is 0 Å². The minimum Gasteiger partial charge on any atom is -0.455 e. The monoisotopic (exact) mass is 801 g/mol. The van der Waals surface area contributed by atoms with Gasteiger partial charge in [-0.05, 0) is 133 Å². The lowest BCUT2D eigenvalue weighted by Crippen LogP contribution is -2.25. The lowest BCUT2D eigenvalue weighted by Gasteiger charge is -2.30. The normalized spacial score (nSPS) is 12.9. The predicted molar refractivity (Wildman–Crippen MR) is 261 cm³/mol. The summed E-state index contributed by atoms with van der Waals surface area (Å²) in [5.74, 6) is 0. The van der Waals surface area contributed by atoms with Crippen LogP contribution in [-0.4, -0.2) is 0 Å². The van der Waals surface area contributed by atoms with Crippen LogP contribution in [0.25, 0.3) is 77.6 Å². The van der Waals surface area contributed by atoms with E-state index in [1.54, 1.807) is 0 Å². The van der Waals surface area contributed by atoms with Crippen molar-refractivity contribution in [3.63, 3.8) is 0 Å². The Kier molecular flexibility index (Phi) is 7.85. The molecule has 11 aromatic rings. The standard InChI is InChI=1S/C61H39NO/c1-3-15-40(16-4-1)41-27-32-46(33-28-41)62(45-17-5-2-6-18-45)47-34-29-42(30-35-47)53-37-44(38-54-52-22-10-14-26-59(52)63-60(53)54)43-31-36-51-50-21-9-13-25-57(50)61(58(51)39-43)55-23-11-7-19-48(55)49-20-8-12-24-56(49)61/h1-39H. The third-order valence-corrected chi connectivity index (χ3v) is 13.5. The zero-order valence-electron chi connectivity index (χ0n) is 34.4. The van der Waals surface area contributed by atoms with Crippen LogP contribution in [0, 0.1) is 0 Å². The van der Waals surface area contributed by atoms with E-state index in [0.717, 1.165) is 55.7 Å². The molecule has 10 aromatic carbocycles. The highest BCUT2D eigenvalue weighted by Gasteiger charge is 2.51. The van der Waals surface area contributed by atoms with Crippen molar-refractivity contribution in [3.05, 3.63) is 259 Å². The molecule has 0 saturated carbocycles. The molecule has 0 amide bonds. The predicted octanol–water partition coefficient (Wildman–Crippen LogP) is 16.4. The molecule has 2 nitrogen and oxygen atoms in total. The smallest absolute Gasteiger partial charge is 0.143 e. The second-order valence-corrected chi connectivity index (χ2v) is 16.8. The summed E-state index contributed by atoms with van der Waals surface area (Å²) in [5.41, 5.74) is 22.2. The maximum Gasteiger partial charge on any atom is 0.143 e. The summed E-state index contributed by atoms with van der Waals surface area (Å²) in [6, 6.07) is 86.3. The van der Waals surface area contributed by atoms with E-state index in [-0.39, 0.29) is 0 Å². The highest BCUT2D eigenvalue weighted by molar-refractivity contribution is 6.11. The van der Waals surface area contributed by atoms with Gasteiger partial charge in [0.15, 0.2) is 0 Å². The van der Waals surface area contributed by atoms with Crippen LogP contribution in [0.2, 0.25) is 0 Å². The van der Waals surface area contributed by atoms with Crippen LogP contribution in [0.5, 0.6) is 0 Å². The lowest BCUT2D eigenvalue weighted by atomic mass is 9.70. The summed E-state index contributed by atoms with van der Waals surface area (Å²) < 4.78 is 6.75. The van der Waals surface area contributed by atoms with Crippen LogP contribution in [0.4, 0.5) is 17.1 Å². The van der Waals surface area contributed by atoms with E-state index in [2.05, 4.69) is 241 Å². The van der Waals surface area contributed by atoms with Crippen molar-refractivity contribution in [2.45, 2.75) is 5.41 Å². The summed E-state index contributed by atoms with van der Waals surface area (Å²) in [4.78, 5) is 2.32. The second kappa shape index (κ2) is 13.9. The highest BCUT2D eigenvalue weighted by Crippen LogP contribution is 2.63. The quantitative estimate of drug-likeness (QED) is 0.167. The summed E-state index contributed by atoms with van der Waals surface area (Å²) in [7, 11) is 0. The van der Waals surface area contributed by atoms with Gasteiger partial charge in [0.1, 0.15) is 11.2 Å². The number of hydrogen-bond acceptors (Lipinski definition) is 2. The average molecular weight is 802 g/mol. The molecule has 0 radical (unpaired) electrons. The van der Waals surface area contributed by atoms with Gasteiger partial charge in [-0.25, -0.2) is 0 Å². The topological polar surface area (TPSA) is 16.4 Å². The first kappa shape index (κ1) is 35.5. The van der Waals surface area contributed by atoms with Crippen molar-refractivity contribution in [3.8, 4) is 55.6 Å². The van der Waals surface area contributed by atoms with Crippen LogP contribution >= 0.6 is 0 Å². The Hall–Kier alpha value is -8.20. The molecule has 2 aliphatic rings. The van der Waals surface area contributed by atoms with E-state index in [4.69, 9.17) is 4.42 Å². The van der Waals surface area contributed by atoms with E-state index in [1.165, 1.54) is 61.2 Å². The Bertz CT molecular complexity index is 3480. The molecule has 13 rings (SSSR count). The summed E-state index contributed by atoms with van der Waals surface area (Å²) in [6.45, 7) is 0. The third kappa shape index (κ3) is 5.32. The highest BCUT2D eigenvalue weighted by atomic mass is 16.3. The molecule has 0 saturated heterocycles. The molecule has 63 heavy (non-hydrogen) atoms. The maximum absolute atomic E-state index is 6.75. The molecular formula is C61H39NO. The largest absolute Gasteiger partial charge is 0.455 e. The number of benzene rings is 10. The fourth-order valence-electron chi connectivity index (χ4n) is 10.7. The SMILES string of the molecule is c1ccc(-c2ccc(N(c3ccccc3)c3ccc(-c4cc(-c5ccc6c(c5)C5(c7ccccc7-c7ccccc75)c5ccccc5-6)cc5c4oc4ccccc45)cc3)cc2)cc1. The zero-order valence-corrected chi connectivity index (χ0v) is 34.4. The minimum atomic E-state index is -0.410. The molecule has 0 bridgehead atoms. The number of furan rings is 1. The van der Waals surface area contributed by atoms with Gasteiger partial charge in [-0.3, -0.25) is 0 Å². The molecule has 0 fully saturated rings. The van der Waals surface area contributed by atoms with Crippen LogP contribution < -0.4 is 4.90 Å². The number of nitrogens with zero attached hydrogens (tertiary/aromatic N) is 1. The van der Waals surface area contributed by atoms with Gasteiger partial charge >= 0.3 is 0 Å². The molecule has 0 aliphatic heterocycles. The first-order valence-corrected chi connectivity index (χ1v) is 21.7. The number of rotatable bonds is 6. The van der Waals surface area contributed by atoms with Gasteiger partial charge in [0.25, 0.3) is 0 Å². The van der Waals surface area contributed by atoms with Crippen LogP contribution in [-0.2, 0) is 5.41 Å². The molecule has 294 valence electrons. The fourth-order valence-corrected chi connectivity index (χ4v) is 10.7. The summed E-state index contributed by atoms with van der Waals surface area (Å²) >= 11 is 0. The van der Waals surface area contributed by atoms with Gasteiger partial charge in [0.05, 0.1) is 5.41 Å². The van der Waals surface area contributed by atoms with Gasteiger partial charge < -0.3 is 9.32 Å². The molecule has 1 aromatic heterocycles. The molecule has 2 aliphatic carbocycles. The van der Waals surface area contributed by atoms with Crippen molar-refractivity contribution >= 4 is 39.0 Å². The van der Waals surface area contributed by atoms with Gasteiger partial charge in [-0.15, -0.1) is 0 Å². The van der Waals surface area contributed by atoms with Gasteiger partial charge in [0, 0.05) is 33.4 Å². The van der Waals surface area contributed by atoms with E-state index in [0.29, 0.717) is 0 Å². The molecule has 0 N–H and O–H groups in total. The zero-order chi connectivity index (χ0) is 41.5. The van der Waals surface area contributed by atoms with Gasteiger partial charge in [-0.2, -0.15) is 0 Å². The Labute approximate surface area is 366 Å². The van der Waals surface area contributed by atoms with E-state index in [1.807, 2.05) is 0 Å². The number of fused-ring (bicyclic) bond motifs is 13. The average Bonchev–Trinajstić information content (AvgIpc) is 3.99. The Balaban J connectivity index is 0.966. The molecule has 0 atom stereocenters. The van der Waals surface area contributed by atoms with Gasteiger partial charge in [-0.1, -0.05) is 176 Å². The first-order chi connectivity index (χ1) is 31.2. The summed E-state index contributed by atoms with van der Waals surface area (Å²) in [5, 5.41) is 2.23. The second-order valence-electron chi connectivity index (χ2n) is 16.8.